The van der Waals surface area contributed by atoms with Crippen LogP contribution in [0.25, 0.3) is 0 Å². The first-order chi connectivity index (χ1) is 8.47. The molecule has 1 saturated carbocycles. The van der Waals surface area contributed by atoms with E-state index in [1.807, 2.05) is 6.92 Å². The van der Waals surface area contributed by atoms with Crippen LogP contribution in [-0.4, -0.2) is 35.9 Å². The molecule has 0 aromatic carbocycles. The van der Waals surface area contributed by atoms with Crippen molar-refractivity contribution in [2.45, 2.75) is 45.6 Å². The fourth-order valence-corrected chi connectivity index (χ4v) is 2.57. The van der Waals surface area contributed by atoms with Crippen LogP contribution in [0.2, 0.25) is 0 Å². The lowest BCUT2D eigenvalue weighted by atomic mass is 9.79. The molecule has 2 unspecified atom stereocenters. The van der Waals surface area contributed by atoms with Gasteiger partial charge in [-0.15, -0.1) is 0 Å². The average molecular weight is 258 g/mol. The monoisotopic (exact) mass is 258 g/mol. The van der Waals surface area contributed by atoms with Crippen molar-refractivity contribution >= 4 is 11.9 Å². The Bertz CT molecular complexity index is 297. The van der Waals surface area contributed by atoms with E-state index in [0.717, 1.165) is 12.8 Å². The standard InChI is InChI=1S/C13H22O5/c1-4-17-11(14)10(12(15)18-5-2)13(16)8-6-7-9(13)3/h9-10,16H,4-8H2,1-3H3. The summed E-state index contributed by atoms with van der Waals surface area (Å²) < 4.78 is 9.80. The Morgan fingerprint density at radius 3 is 2.11 bits per heavy atom. The van der Waals surface area contributed by atoms with Crippen molar-refractivity contribution in [3.05, 3.63) is 0 Å². The Kier molecular flexibility index (Phi) is 5.14. The molecule has 0 aromatic heterocycles. The highest BCUT2D eigenvalue weighted by Crippen LogP contribution is 2.41. The highest BCUT2D eigenvalue weighted by molar-refractivity contribution is 5.96. The predicted octanol–water partition coefficient (Wildman–Crippen LogP) is 1.28. The molecule has 0 spiro atoms. The molecule has 0 aromatic rings. The Morgan fingerprint density at radius 2 is 1.78 bits per heavy atom. The maximum Gasteiger partial charge on any atom is 0.323 e. The molecule has 1 rings (SSSR count). The van der Waals surface area contributed by atoms with Gasteiger partial charge in [0.05, 0.1) is 18.8 Å². The van der Waals surface area contributed by atoms with E-state index in [-0.39, 0.29) is 19.1 Å². The van der Waals surface area contributed by atoms with Gasteiger partial charge in [0, 0.05) is 0 Å². The Labute approximate surface area is 107 Å². The van der Waals surface area contributed by atoms with Crippen molar-refractivity contribution in [2.75, 3.05) is 13.2 Å². The molecule has 1 N–H and O–H groups in total. The first-order valence-corrected chi connectivity index (χ1v) is 6.53. The van der Waals surface area contributed by atoms with E-state index in [0.29, 0.717) is 6.42 Å². The van der Waals surface area contributed by atoms with Gasteiger partial charge in [0.2, 0.25) is 0 Å². The van der Waals surface area contributed by atoms with E-state index < -0.39 is 23.5 Å². The van der Waals surface area contributed by atoms with Gasteiger partial charge in [0.25, 0.3) is 0 Å². The first kappa shape index (κ1) is 15.0. The summed E-state index contributed by atoms with van der Waals surface area (Å²) in [5.74, 6) is -2.72. The van der Waals surface area contributed by atoms with Crippen LogP contribution in [0, 0.1) is 11.8 Å². The van der Waals surface area contributed by atoms with E-state index in [9.17, 15) is 14.7 Å². The maximum absolute atomic E-state index is 11.9. The van der Waals surface area contributed by atoms with Gasteiger partial charge in [-0.2, -0.15) is 0 Å². The molecule has 0 heterocycles. The van der Waals surface area contributed by atoms with Crippen molar-refractivity contribution in [3.63, 3.8) is 0 Å². The van der Waals surface area contributed by atoms with Crippen LogP contribution in [-0.2, 0) is 19.1 Å². The molecule has 5 heteroatoms. The van der Waals surface area contributed by atoms with Crippen molar-refractivity contribution in [2.24, 2.45) is 11.8 Å². The van der Waals surface area contributed by atoms with Crippen LogP contribution in [0.15, 0.2) is 0 Å². The van der Waals surface area contributed by atoms with Crippen LogP contribution >= 0.6 is 0 Å². The zero-order chi connectivity index (χ0) is 13.8. The minimum Gasteiger partial charge on any atom is -0.465 e. The molecular weight excluding hydrogens is 236 g/mol. The quantitative estimate of drug-likeness (QED) is 0.594. The number of carbonyl (C=O) groups is 2. The first-order valence-electron chi connectivity index (χ1n) is 6.53. The largest absolute Gasteiger partial charge is 0.465 e. The molecular formula is C13H22O5. The van der Waals surface area contributed by atoms with Crippen molar-refractivity contribution in [3.8, 4) is 0 Å². The lowest BCUT2D eigenvalue weighted by molar-refractivity contribution is -0.177. The third-order valence-electron chi connectivity index (χ3n) is 3.61. The number of aliphatic hydroxyl groups is 1. The molecule has 0 bridgehead atoms. The molecule has 0 saturated heterocycles. The Morgan fingerprint density at radius 1 is 1.28 bits per heavy atom. The van der Waals surface area contributed by atoms with E-state index in [1.54, 1.807) is 13.8 Å². The van der Waals surface area contributed by atoms with Crippen molar-refractivity contribution in [1.29, 1.82) is 0 Å². The summed E-state index contributed by atoms with van der Waals surface area (Å²) in [6.07, 6.45) is 2.02. The van der Waals surface area contributed by atoms with Gasteiger partial charge < -0.3 is 14.6 Å². The lowest BCUT2D eigenvalue weighted by Gasteiger charge is -2.33. The number of rotatable bonds is 5. The van der Waals surface area contributed by atoms with Gasteiger partial charge in [0.1, 0.15) is 0 Å². The van der Waals surface area contributed by atoms with Crippen LogP contribution in [0.4, 0.5) is 0 Å². The van der Waals surface area contributed by atoms with Gasteiger partial charge in [-0.25, -0.2) is 0 Å². The molecule has 5 nitrogen and oxygen atoms in total. The molecule has 104 valence electrons. The zero-order valence-electron chi connectivity index (χ0n) is 11.3. The van der Waals surface area contributed by atoms with Gasteiger partial charge in [-0.3, -0.25) is 9.59 Å². The lowest BCUT2D eigenvalue weighted by Crippen LogP contribution is -2.50. The highest BCUT2D eigenvalue weighted by atomic mass is 16.6. The normalized spacial score (nSPS) is 27.3. The minimum atomic E-state index is -1.33. The summed E-state index contributed by atoms with van der Waals surface area (Å²) in [5, 5.41) is 10.6. The average Bonchev–Trinajstić information content (AvgIpc) is 2.60. The van der Waals surface area contributed by atoms with E-state index >= 15 is 0 Å². The molecule has 0 radical (unpaired) electrons. The third-order valence-corrected chi connectivity index (χ3v) is 3.61. The topological polar surface area (TPSA) is 72.8 Å². The molecule has 0 amide bonds. The van der Waals surface area contributed by atoms with Crippen LogP contribution in [0.3, 0.4) is 0 Å². The smallest absolute Gasteiger partial charge is 0.323 e. The maximum atomic E-state index is 11.9. The fraction of sp³-hybridized carbons (Fsp3) is 0.846. The number of hydrogen-bond donors (Lipinski definition) is 1. The predicted molar refractivity (Wildman–Crippen MR) is 64.7 cm³/mol. The van der Waals surface area contributed by atoms with Gasteiger partial charge in [-0.1, -0.05) is 13.3 Å². The summed E-state index contributed by atoms with van der Waals surface area (Å²) in [4.78, 5) is 23.8. The summed E-state index contributed by atoms with van der Waals surface area (Å²) in [7, 11) is 0. The second-order valence-electron chi connectivity index (χ2n) is 4.72. The molecule has 1 aliphatic carbocycles. The van der Waals surface area contributed by atoms with Gasteiger partial charge in [-0.05, 0) is 32.6 Å². The highest BCUT2D eigenvalue weighted by Gasteiger charge is 2.53. The Balaban J connectivity index is 2.96. The van der Waals surface area contributed by atoms with E-state index in [1.165, 1.54) is 0 Å². The van der Waals surface area contributed by atoms with Gasteiger partial charge >= 0.3 is 11.9 Å². The second-order valence-corrected chi connectivity index (χ2v) is 4.72. The zero-order valence-corrected chi connectivity index (χ0v) is 11.3. The summed E-state index contributed by atoms with van der Waals surface area (Å²) in [6, 6.07) is 0. The third kappa shape index (κ3) is 2.83. The van der Waals surface area contributed by atoms with Crippen LogP contribution in [0.5, 0.6) is 0 Å². The van der Waals surface area contributed by atoms with Crippen LogP contribution in [0.1, 0.15) is 40.0 Å². The summed E-state index contributed by atoms with van der Waals surface area (Å²) >= 11 is 0. The molecule has 0 aliphatic heterocycles. The van der Waals surface area contributed by atoms with Crippen molar-refractivity contribution in [1.82, 2.24) is 0 Å². The van der Waals surface area contributed by atoms with E-state index in [2.05, 4.69) is 0 Å². The molecule has 1 aliphatic rings. The summed E-state index contributed by atoms with van der Waals surface area (Å²) in [6.45, 7) is 5.54. The second kappa shape index (κ2) is 6.18. The molecule has 1 fully saturated rings. The molecule has 2 atom stereocenters. The van der Waals surface area contributed by atoms with Crippen LogP contribution < -0.4 is 0 Å². The minimum absolute atomic E-state index is 0.115. The Hall–Kier alpha value is -1.10. The van der Waals surface area contributed by atoms with Crippen molar-refractivity contribution < 1.29 is 24.2 Å². The fourth-order valence-electron chi connectivity index (χ4n) is 2.57. The SMILES string of the molecule is CCOC(=O)C(C(=O)OCC)C1(O)CCCC1C. The van der Waals surface area contributed by atoms with Gasteiger partial charge in [0.15, 0.2) is 5.92 Å². The summed E-state index contributed by atoms with van der Waals surface area (Å²) in [5.41, 5.74) is -1.33. The number of esters is 2. The number of ether oxygens (including phenoxy) is 2. The number of hydrogen-bond acceptors (Lipinski definition) is 5. The number of carbonyl (C=O) groups excluding carboxylic acids is 2. The van der Waals surface area contributed by atoms with E-state index in [4.69, 9.17) is 9.47 Å². The molecule has 18 heavy (non-hydrogen) atoms.